The summed E-state index contributed by atoms with van der Waals surface area (Å²) in [5.74, 6) is -0.469. The number of aryl methyl sites for hydroxylation is 2. The van der Waals surface area contributed by atoms with E-state index in [4.69, 9.17) is 4.98 Å². The van der Waals surface area contributed by atoms with E-state index in [0.717, 1.165) is 17.5 Å². The highest BCUT2D eigenvalue weighted by Gasteiger charge is 2.23. The molecule has 0 aliphatic rings. The number of fused-ring (bicyclic) bond motifs is 1. The molecule has 184 valence electrons. The lowest BCUT2D eigenvalue weighted by Gasteiger charge is -2.20. The van der Waals surface area contributed by atoms with E-state index in [1.54, 1.807) is 26.0 Å². The topological polar surface area (TPSA) is 93.1 Å². The number of anilines is 2. The van der Waals surface area contributed by atoms with Crippen molar-refractivity contribution >= 4 is 34.2 Å². The zero-order chi connectivity index (χ0) is 25.8. The minimum absolute atomic E-state index is 0.160. The largest absolute Gasteiger partial charge is 0.325 e. The van der Waals surface area contributed by atoms with Gasteiger partial charge in [0.05, 0.1) is 16.7 Å². The molecule has 0 saturated carbocycles. The van der Waals surface area contributed by atoms with Gasteiger partial charge in [0.2, 0.25) is 11.8 Å². The second-order valence-electron chi connectivity index (χ2n) is 8.74. The summed E-state index contributed by atoms with van der Waals surface area (Å²) in [7, 11) is 0. The van der Waals surface area contributed by atoms with E-state index < -0.39 is 11.6 Å². The van der Waals surface area contributed by atoms with Crippen LogP contribution in [-0.4, -0.2) is 21.4 Å². The van der Waals surface area contributed by atoms with Crippen molar-refractivity contribution in [2.75, 3.05) is 10.6 Å². The Bertz CT molecular complexity index is 1510. The fourth-order valence-corrected chi connectivity index (χ4v) is 4.14. The molecule has 1 heterocycles. The van der Waals surface area contributed by atoms with Crippen molar-refractivity contribution in [3.8, 4) is 11.3 Å². The lowest BCUT2D eigenvalue weighted by molar-refractivity contribution is -0.119. The maximum atomic E-state index is 14.0. The number of rotatable bonds is 7. The van der Waals surface area contributed by atoms with E-state index in [9.17, 15) is 14.4 Å². The summed E-state index contributed by atoms with van der Waals surface area (Å²) in [5.41, 5.74) is 4.61. The Morgan fingerprint density at radius 2 is 1.67 bits per heavy atom. The molecule has 7 nitrogen and oxygen atoms in total. The number of para-hydroxylation sites is 3. The third-order valence-corrected chi connectivity index (χ3v) is 6.31. The minimum atomic E-state index is -0.813. The first-order valence-corrected chi connectivity index (χ1v) is 12.1. The maximum Gasteiger partial charge on any atom is 0.278 e. The zero-order valence-electron chi connectivity index (χ0n) is 21.0. The van der Waals surface area contributed by atoms with Crippen LogP contribution in [0.4, 0.5) is 11.4 Å². The first kappa shape index (κ1) is 24.9. The predicted molar refractivity (Wildman–Crippen MR) is 144 cm³/mol. The Morgan fingerprint density at radius 1 is 0.944 bits per heavy atom. The number of benzene rings is 3. The first-order valence-electron chi connectivity index (χ1n) is 12.1. The molecule has 4 rings (SSSR count). The van der Waals surface area contributed by atoms with Crippen molar-refractivity contribution in [1.29, 1.82) is 0 Å². The van der Waals surface area contributed by atoms with Gasteiger partial charge in [-0.1, -0.05) is 50.2 Å². The molecule has 0 radical (unpaired) electrons. The highest BCUT2D eigenvalue weighted by Crippen LogP contribution is 2.29. The van der Waals surface area contributed by atoms with E-state index in [0.29, 0.717) is 34.4 Å². The molecule has 0 aliphatic carbocycles. The van der Waals surface area contributed by atoms with E-state index >= 15 is 0 Å². The Balaban J connectivity index is 1.89. The van der Waals surface area contributed by atoms with E-state index in [1.807, 2.05) is 68.4 Å². The lowest BCUT2D eigenvalue weighted by Crippen LogP contribution is -2.33. The molecule has 0 aliphatic heterocycles. The molecule has 2 N–H and O–H groups in total. The molecule has 7 heteroatoms. The number of carbonyl (C=O) groups is 2. The molecule has 0 unspecified atom stereocenters. The van der Waals surface area contributed by atoms with Crippen LogP contribution in [-0.2, 0) is 16.0 Å². The standard InChI is InChI=1S/C29H30N4O3/c1-5-20-15-16-23(30-26(34)6-2)21(17-20)27-29(36)33(25-14-10-9-13-24(25)31-27)19(4)28(35)32-22-12-8-7-11-18(22)3/h7-17,19H,5-6H2,1-4H3,(H,30,34)(H,32,35)/t19-/m1/s1. The average molecular weight is 483 g/mol. The molecule has 4 aromatic rings. The van der Waals surface area contributed by atoms with Crippen molar-refractivity contribution in [3.63, 3.8) is 0 Å². The van der Waals surface area contributed by atoms with Crippen LogP contribution in [0.15, 0.2) is 71.5 Å². The van der Waals surface area contributed by atoms with Gasteiger partial charge in [0, 0.05) is 17.7 Å². The van der Waals surface area contributed by atoms with Gasteiger partial charge in [-0.3, -0.25) is 19.0 Å². The summed E-state index contributed by atoms with van der Waals surface area (Å²) in [6.45, 7) is 7.41. The Kier molecular flexibility index (Phi) is 7.29. The summed E-state index contributed by atoms with van der Waals surface area (Å²) >= 11 is 0. The number of amides is 2. The summed E-state index contributed by atoms with van der Waals surface area (Å²) in [4.78, 5) is 44.2. The number of carbonyl (C=O) groups excluding carboxylic acids is 2. The van der Waals surface area contributed by atoms with Gasteiger partial charge in [0.15, 0.2) is 0 Å². The van der Waals surface area contributed by atoms with Crippen molar-refractivity contribution in [3.05, 3.63) is 88.2 Å². The molecule has 36 heavy (non-hydrogen) atoms. The van der Waals surface area contributed by atoms with Crippen LogP contribution in [0.1, 0.15) is 44.4 Å². The Morgan fingerprint density at radius 3 is 2.39 bits per heavy atom. The number of aromatic nitrogens is 2. The van der Waals surface area contributed by atoms with Gasteiger partial charge in [-0.15, -0.1) is 0 Å². The lowest BCUT2D eigenvalue weighted by atomic mass is 10.0. The highest BCUT2D eigenvalue weighted by atomic mass is 16.2. The van der Waals surface area contributed by atoms with Crippen molar-refractivity contribution in [2.24, 2.45) is 0 Å². The van der Waals surface area contributed by atoms with Gasteiger partial charge in [0.1, 0.15) is 11.7 Å². The monoisotopic (exact) mass is 482 g/mol. The molecule has 1 aromatic heterocycles. The third kappa shape index (κ3) is 4.91. The van der Waals surface area contributed by atoms with E-state index in [1.165, 1.54) is 4.57 Å². The van der Waals surface area contributed by atoms with Crippen LogP contribution in [0.2, 0.25) is 0 Å². The van der Waals surface area contributed by atoms with Crippen molar-refractivity contribution < 1.29 is 9.59 Å². The van der Waals surface area contributed by atoms with Gasteiger partial charge in [-0.2, -0.15) is 0 Å². The van der Waals surface area contributed by atoms with Crippen LogP contribution in [0.5, 0.6) is 0 Å². The number of hydrogen-bond acceptors (Lipinski definition) is 4. The second-order valence-corrected chi connectivity index (χ2v) is 8.74. The minimum Gasteiger partial charge on any atom is -0.325 e. The van der Waals surface area contributed by atoms with E-state index in [2.05, 4.69) is 10.6 Å². The normalized spacial score (nSPS) is 11.8. The smallest absolute Gasteiger partial charge is 0.278 e. The molecule has 0 bridgehead atoms. The average Bonchev–Trinajstić information content (AvgIpc) is 2.89. The summed E-state index contributed by atoms with van der Waals surface area (Å²) in [5, 5.41) is 5.84. The molecular formula is C29H30N4O3. The SMILES string of the molecule is CCC(=O)Nc1ccc(CC)cc1-c1nc2ccccc2n([C@H](C)C(=O)Nc2ccccc2C)c1=O. The molecule has 0 spiro atoms. The third-order valence-electron chi connectivity index (χ3n) is 6.31. The van der Waals surface area contributed by atoms with Gasteiger partial charge in [-0.25, -0.2) is 4.98 Å². The Hall–Kier alpha value is -4.26. The summed E-state index contributed by atoms with van der Waals surface area (Å²) in [6, 6.07) is 19.6. The fraction of sp³-hybridized carbons (Fsp3) is 0.241. The first-order chi connectivity index (χ1) is 17.3. The van der Waals surface area contributed by atoms with Crippen LogP contribution >= 0.6 is 0 Å². The van der Waals surface area contributed by atoms with Gasteiger partial charge in [-0.05, 0) is 61.7 Å². The van der Waals surface area contributed by atoms with E-state index in [-0.39, 0.29) is 17.5 Å². The molecule has 3 aromatic carbocycles. The quantitative estimate of drug-likeness (QED) is 0.365. The highest BCUT2D eigenvalue weighted by molar-refractivity contribution is 5.97. The number of nitrogens with one attached hydrogen (secondary N) is 2. The fourth-order valence-electron chi connectivity index (χ4n) is 4.14. The molecule has 1 atom stereocenters. The van der Waals surface area contributed by atoms with Crippen molar-refractivity contribution in [1.82, 2.24) is 9.55 Å². The predicted octanol–water partition coefficient (Wildman–Crippen LogP) is 5.48. The van der Waals surface area contributed by atoms with Gasteiger partial charge >= 0.3 is 0 Å². The van der Waals surface area contributed by atoms with Gasteiger partial charge < -0.3 is 10.6 Å². The maximum absolute atomic E-state index is 14.0. The van der Waals surface area contributed by atoms with Crippen LogP contribution in [0, 0.1) is 6.92 Å². The van der Waals surface area contributed by atoms with Crippen LogP contribution in [0.3, 0.4) is 0 Å². The summed E-state index contributed by atoms with van der Waals surface area (Å²) < 4.78 is 1.48. The zero-order valence-corrected chi connectivity index (χ0v) is 21.0. The molecule has 0 saturated heterocycles. The summed E-state index contributed by atoms with van der Waals surface area (Å²) in [6.07, 6.45) is 1.06. The van der Waals surface area contributed by atoms with Crippen LogP contribution < -0.4 is 16.2 Å². The Labute approximate surface area is 210 Å². The number of hydrogen-bond donors (Lipinski definition) is 2. The molecular weight excluding hydrogens is 452 g/mol. The number of nitrogens with zero attached hydrogens (tertiary/aromatic N) is 2. The van der Waals surface area contributed by atoms with Gasteiger partial charge in [0.25, 0.3) is 5.56 Å². The second kappa shape index (κ2) is 10.6. The molecule has 0 fully saturated rings. The van der Waals surface area contributed by atoms with Crippen LogP contribution in [0.25, 0.3) is 22.3 Å². The van der Waals surface area contributed by atoms with Crippen molar-refractivity contribution in [2.45, 2.75) is 46.6 Å². The molecule has 2 amide bonds.